The summed E-state index contributed by atoms with van der Waals surface area (Å²) in [5.41, 5.74) is 2.70. The van der Waals surface area contributed by atoms with Crippen LogP contribution in [0, 0.1) is 0 Å². The molecule has 1 amide bonds. The van der Waals surface area contributed by atoms with Gasteiger partial charge in [-0.25, -0.2) is 0 Å². The molecule has 3 rings (SSSR count). The van der Waals surface area contributed by atoms with Gasteiger partial charge in [0.2, 0.25) is 5.75 Å². The first-order chi connectivity index (χ1) is 13.1. The van der Waals surface area contributed by atoms with Crippen LogP contribution in [0.1, 0.15) is 43.6 Å². The van der Waals surface area contributed by atoms with Crippen molar-refractivity contribution in [1.29, 1.82) is 0 Å². The van der Waals surface area contributed by atoms with Crippen molar-refractivity contribution in [2.45, 2.75) is 40.2 Å². The largest absolute Gasteiger partial charge is 0.490 e. The van der Waals surface area contributed by atoms with Crippen LogP contribution in [0.2, 0.25) is 0 Å². The molecule has 0 aromatic heterocycles. The number of anilines is 1. The molecular formula is C22H27NO4. The highest BCUT2D eigenvalue weighted by atomic mass is 16.5. The third-order valence-corrected chi connectivity index (χ3v) is 4.58. The van der Waals surface area contributed by atoms with Crippen LogP contribution in [0.3, 0.4) is 0 Å². The van der Waals surface area contributed by atoms with Crippen LogP contribution in [0.15, 0.2) is 36.4 Å². The van der Waals surface area contributed by atoms with Crippen LogP contribution in [0.5, 0.6) is 17.2 Å². The summed E-state index contributed by atoms with van der Waals surface area (Å²) in [6.07, 6.45) is 0.857. The smallest absolute Gasteiger partial charge is 0.258 e. The van der Waals surface area contributed by atoms with Crippen LogP contribution in [0.4, 0.5) is 5.69 Å². The number of para-hydroxylation sites is 1. The predicted molar refractivity (Wildman–Crippen MR) is 106 cm³/mol. The zero-order valence-corrected chi connectivity index (χ0v) is 16.5. The maximum atomic E-state index is 13.4. The lowest BCUT2D eigenvalue weighted by atomic mass is 10.1. The topological polar surface area (TPSA) is 48.0 Å². The highest BCUT2D eigenvalue weighted by Crippen LogP contribution is 2.41. The quantitative estimate of drug-likeness (QED) is 0.722. The Morgan fingerprint density at radius 2 is 1.59 bits per heavy atom. The summed E-state index contributed by atoms with van der Waals surface area (Å²) in [5, 5.41) is 0. The molecule has 1 atom stereocenters. The molecule has 0 radical (unpaired) electrons. The van der Waals surface area contributed by atoms with Crippen molar-refractivity contribution in [2.24, 2.45) is 0 Å². The van der Waals surface area contributed by atoms with Crippen LogP contribution in [-0.4, -0.2) is 31.8 Å². The molecule has 144 valence electrons. The summed E-state index contributed by atoms with van der Waals surface area (Å²) < 4.78 is 17.2. The van der Waals surface area contributed by atoms with Crippen molar-refractivity contribution in [3.8, 4) is 17.2 Å². The average Bonchev–Trinajstić information content (AvgIpc) is 2.99. The number of fused-ring (bicyclic) bond motifs is 1. The first kappa shape index (κ1) is 19.1. The van der Waals surface area contributed by atoms with Crippen molar-refractivity contribution in [3.63, 3.8) is 0 Å². The maximum absolute atomic E-state index is 13.4. The van der Waals surface area contributed by atoms with Crippen molar-refractivity contribution in [1.82, 2.24) is 0 Å². The van der Waals surface area contributed by atoms with E-state index in [4.69, 9.17) is 14.2 Å². The molecule has 0 fully saturated rings. The van der Waals surface area contributed by atoms with E-state index < -0.39 is 0 Å². The van der Waals surface area contributed by atoms with E-state index in [1.165, 1.54) is 5.56 Å². The van der Waals surface area contributed by atoms with Crippen LogP contribution in [0.25, 0.3) is 0 Å². The molecule has 0 unspecified atom stereocenters. The van der Waals surface area contributed by atoms with E-state index in [9.17, 15) is 4.79 Å². The number of nitrogens with zero attached hydrogens (tertiary/aromatic N) is 1. The number of benzene rings is 2. The molecule has 5 nitrogen and oxygen atoms in total. The Hall–Kier alpha value is -2.69. The molecule has 0 bridgehead atoms. The Balaban J connectivity index is 2.04. The Bertz CT molecular complexity index is 791. The van der Waals surface area contributed by atoms with Gasteiger partial charge in [-0.3, -0.25) is 4.79 Å². The summed E-state index contributed by atoms with van der Waals surface area (Å²) in [4.78, 5) is 15.2. The second-order valence-electron chi connectivity index (χ2n) is 6.46. The van der Waals surface area contributed by atoms with Gasteiger partial charge in [0.25, 0.3) is 5.91 Å². The second-order valence-corrected chi connectivity index (χ2v) is 6.46. The molecule has 2 aromatic rings. The second kappa shape index (κ2) is 8.33. The van der Waals surface area contributed by atoms with Crippen LogP contribution in [-0.2, 0) is 6.42 Å². The summed E-state index contributed by atoms with van der Waals surface area (Å²) >= 11 is 0. The molecule has 0 aliphatic carbocycles. The zero-order chi connectivity index (χ0) is 19.4. The van der Waals surface area contributed by atoms with Gasteiger partial charge in [-0.05, 0) is 57.9 Å². The number of hydrogen-bond donors (Lipinski definition) is 0. The molecular weight excluding hydrogens is 342 g/mol. The van der Waals surface area contributed by atoms with Gasteiger partial charge in [0, 0.05) is 17.3 Å². The van der Waals surface area contributed by atoms with Crippen molar-refractivity contribution in [2.75, 3.05) is 24.7 Å². The molecule has 0 spiro atoms. The summed E-state index contributed by atoms with van der Waals surface area (Å²) in [6, 6.07) is 11.7. The zero-order valence-electron chi connectivity index (χ0n) is 16.5. The van der Waals surface area contributed by atoms with Crippen LogP contribution < -0.4 is 19.1 Å². The fourth-order valence-electron chi connectivity index (χ4n) is 3.53. The molecule has 1 aliphatic rings. The van der Waals surface area contributed by atoms with Crippen molar-refractivity contribution < 1.29 is 19.0 Å². The molecule has 0 saturated carbocycles. The summed E-state index contributed by atoms with van der Waals surface area (Å²) in [7, 11) is 0. The number of ether oxygens (including phenoxy) is 3. The van der Waals surface area contributed by atoms with E-state index in [-0.39, 0.29) is 11.9 Å². The molecule has 2 aromatic carbocycles. The van der Waals surface area contributed by atoms with E-state index >= 15 is 0 Å². The van der Waals surface area contributed by atoms with Crippen molar-refractivity contribution >= 4 is 11.6 Å². The van der Waals surface area contributed by atoms with Gasteiger partial charge in [0.1, 0.15) is 0 Å². The maximum Gasteiger partial charge on any atom is 0.258 e. The van der Waals surface area contributed by atoms with E-state index in [0.29, 0.717) is 42.6 Å². The molecule has 1 aliphatic heterocycles. The predicted octanol–water partition coefficient (Wildman–Crippen LogP) is 4.47. The Labute approximate surface area is 160 Å². The lowest BCUT2D eigenvalue weighted by Gasteiger charge is -2.24. The average molecular weight is 369 g/mol. The van der Waals surface area contributed by atoms with Gasteiger partial charge in [-0.2, -0.15) is 0 Å². The first-order valence-corrected chi connectivity index (χ1v) is 9.58. The fourth-order valence-corrected chi connectivity index (χ4v) is 3.53. The standard InChI is InChI=1S/C22H27NO4/c1-5-25-19-13-17(14-20(26-6-2)21(19)27-7-3)22(24)23-15(4)12-16-10-8-9-11-18(16)23/h8-11,13-15H,5-7,12H2,1-4H3/t15-/m1/s1. The Morgan fingerprint density at radius 1 is 1.00 bits per heavy atom. The highest BCUT2D eigenvalue weighted by molar-refractivity contribution is 6.08. The monoisotopic (exact) mass is 369 g/mol. The Morgan fingerprint density at radius 3 is 2.19 bits per heavy atom. The molecule has 1 heterocycles. The van der Waals surface area contributed by atoms with Gasteiger partial charge >= 0.3 is 0 Å². The van der Waals surface area contributed by atoms with Gasteiger partial charge in [-0.1, -0.05) is 18.2 Å². The van der Waals surface area contributed by atoms with E-state index in [2.05, 4.69) is 13.0 Å². The summed E-state index contributed by atoms with van der Waals surface area (Å²) in [5.74, 6) is 1.56. The van der Waals surface area contributed by atoms with E-state index in [0.717, 1.165) is 12.1 Å². The number of rotatable bonds is 7. The minimum atomic E-state index is -0.0580. The minimum Gasteiger partial charge on any atom is -0.490 e. The first-order valence-electron chi connectivity index (χ1n) is 9.58. The molecule has 27 heavy (non-hydrogen) atoms. The van der Waals surface area contributed by atoms with Gasteiger partial charge in [-0.15, -0.1) is 0 Å². The SMILES string of the molecule is CCOc1cc(C(=O)N2c3ccccc3C[C@H]2C)cc(OCC)c1OCC. The number of hydrogen-bond acceptors (Lipinski definition) is 4. The minimum absolute atomic E-state index is 0.0580. The fraction of sp³-hybridized carbons (Fsp3) is 0.409. The third kappa shape index (κ3) is 3.72. The number of amides is 1. The molecule has 0 N–H and O–H groups in total. The molecule has 5 heteroatoms. The molecule has 0 saturated heterocycles. The van der Waals surface area contributed by atoms with Crippen molar-refractivity contribution in [3.05, 3.63) is 47.5 Å². The summed E-state index contributed by atoms with van der Waals surface area (Å²) in [6.45, 7) is 9.24. The number of carbonyl (C=O) groups excluding carboxylic acids is 1. The number of carbonyl (C=O) groups is 1. The lowest BCUT2D eigenvalue weighted by molar-refractivity contribution is 0.0980. The van der Waals surface area contributed by atoms with Gasteiger partial charge in [0.05, 0.1) is 19.8 Å². The highest BCUT2D eigenvalue weighted by Gasteiger charge is 2.32. The van der Waals surface area contributed by atoms with E-state index in [1.807, 2.05) is 43.9 Å². The van der Waals surface area contributed by atoms with Crippen LogP contribution >= 0.6 is 0 Å². The van der Waals surface area contributed by atoms with Gasteiger partial charge in [0.15, 0.2) is 11.5 Å². The van der Waals surface area contributed by atoms with Gasteiger partial charge < -0.3 is 19.1 Å². The van der Waals surface area contributed by atoms with E-state index in [1.54, 1.807) is 12.1 Å². The lowest BCUT2D eigenvalue weighted by Crippen LogP contribution is -2.35. The Kier molecular flexibility index (Phi) is 5.89. The normalized spacial score (nSPS) is 15.4. The third-order valence-electron chi connectivity index (χ3n) is 4.58.